The average Bonchev–Trinajstić information content (AvgIpc) is 2.71. The van der Waals surface area contributed by atoms with Crippen molar-refractivity contribution in [3.05, 3.63) is 64.2 Å². The largest absolute Gasteiger partial charge is 0.497 e. The van der Waals surface area contributed by atoms with Gasteiger partial charge in [0, 0.05) is 12.1 Å². The fourth-order valence-corrected chi connectivity index (χ4v) is 4.27. The van der Waals surface area contributed by atoms with Crippen molar-refractivity contribution >= 4 is 27.3 Å². The van der Waals surface area contributed by atoms with Gasteiger partial charge in [-0.1, -0.05) is 25.1 Å². The van der Waals surface area contributed by atoms with Gasteiger partial charge in [-0.15, -0.1) is 0 Å². The zero-order valence-electron chi connectivity index (χ0n) is 17.2. The number of rotatable bonds is 9. The molecule has 0 unspecified atom stereocenters. The Morgan fingerprint density at radius 1 is 1.23 bits per heavy atom. The van der Waals surface area contributed by atoms with E-state index in [1.165, 1.54) is 25.1 Å². The Hall–Kier alpha value is -3.14. The van der Waals surface area contributed by atoms with Crippen LogP contribution in [0.2, 0.25) is 0 Å². The van der Waals surface area contributed by atoms with Gasteiger partial charge in [0.05, 0.1) is 30.0 Å². The van der Waals surface area contributed by atoms with E-state index in [0.717, 1.165) is 22.2 Å². The molecule has 1 N–H and O–H groups in total. The van der Waals surface area contributed by atoms with E-state index in [1.54, 1.807) is 19.2 Å². The summed E-state index contributed by atoms with van der Waals surface area (Å²) in [6, 6.07) is 10.9. The van der Waals surface area contributed by atoms with Gasteiger partial charge in [-0.2, -0.15) is 0 Å². The summed E-state index contributed by atoms with van der Waals surface area (Å²) in [5.74, 6) is 0.164. The van der Waals surface area contributed by atoms with Crippen LogP contribution in [0.5, 0.6) is 5.75 Å². The highest BCUT2D eigenvalue weighted by Gasteiger charge is 2.31. The van der Waals surface area contributed by atoms with Crippen LogP contribution in [0.1, 0.15) is 31.9 Å². The number of ether oxygens (including phenoxy) is 1. The molecule has 0 aromatic heterocycles. The van der Waals surface area contributed by atoms with Gasteiger partial charge in [0.25, 0.3) is 5.69 Å². The Morgan fingerprint density at radius 3 is 2.37 bits per heavy atom. The normalized spacial score (nSPS) is 13.2. The van der Waals surface area contributed by atoms with Crippen LogP contribution in [-0.4, -0.2) is 38.7 Å². The van der Waals surface area contributed by atoms with Crippen molar-refractivity contribution in [1.82, 2.24) is 5.32 Å². The Kier molecular flexibility index (Phi) is 7.38. The summed E-state index contributed by atoms with van der Waals surface area (Å²) in [5.41, 5.74) is 0.630. The third kappa shape index (κ3) is 5.47. The number of methoxy groups -OCH3 is 1. The first kappa shape index (κ1) is 23.1. The number of hydrogen-bond donors (Lipinski definition) is 1. The minimum atomic E-state index is -3.89. The second-order valence-electron chi connectivity index (χ2n) is 6.75. The van der Waals surface area contributed by atoms with Crippen molar-refractivity contribution in [3.8, 4) is 5.75 Å². The molecule has 0 aliphatic heterocycles. The second kappa shape index (κ2) is 9.57. The second-order valence-corrected chi connectivity index (χ2v) is 8.61. The average molecular weight is 436 g/mol. The van der Waals surface area contributed by atoms with E-state index in [-0.39, 0.29) is 17.4 Å². The standard InChI is InChI=1S/C20H25N3O6S/c1-5-19(15-9-11-18(29-3)12-10-15)21-20(24)14(2)22(30(4,27)28)16-7-6-8-17(13-16)23(25)26/h6-14,19H,5H2,1-4H3,(H,21,24)/t14-,19-/m0/s1. The first-order valence-electron chi connectivity index (χ1n) is 9.26. The van der Waals surface area contributed by atoms with E-state index >= 15 is 0 Å². The number of nitro benzene ring substituents is 1. The van der Waals surface area contributed by atoms with Gasteiger partial charge in [0.15, 0.2) is 0 Å². The van der Waals surface area contributed by atoms with Crippen LogP contribution in [0.3, 0.4) is 0 Å². The quantitative estimate of drug-likeness (QED) is 0.478. The highest BCUT2D eigenvalue weighted by atomic mass is 32.2. The number of benzene rings is 2. The molecule has 0 radical (unpaired) electrons. The fourth-order valence-electron chi connectivity index (χ4n) is 3.10. The number of nitrogens with zero attached hydrogens (tertiary/aromatic N) is 2. The SMILES string of the molecule is CC[C@H](NC(=O)[C@H](C)N(c1cccc([N+](=O)[O-])c1)S(C)(=O)=O)c1ccc(OC)cc1. The maximum absolute atomic E-state index is 12.9. The lowest BCUT2D eigenvalue weighted by molar-refractivity contribution is -0.384. The van der Waals surface area contributed by atoms with E-state index in [4.69, 9.17) is 4.74 Å². The Balaban J connectivity index is 2.30. The van der Waals surface area contributed by atoms with E-state index in [9.17, 15) is 23.3 Å². The Bertz CT molecular complexity index is 1010. The third-order valence-corrected chi connectivity index (χ3v) is 5.87. The summed E-state index contributed by atoms with van der Waals surface area (Å²) in [5, 5.41) is 13.9. The van der Waals surface area contributed by atoms with Crippen molar-refractivity contribution < 1.29 is 22.9 Å². The van der Waals surface area contributed by atoms with Gasteiger partial charge < -0.3 is 10.1 Å². The number of sulfonamides is 1. The van der Waals surface area contributed by atoms with Gasteiger partial charge >= 0.3 is 0 Å². The molecule has 1 amide bonds. The third-order valence-electron chi connectivity index (χ3n) is 4.63. The molecule has 0 aliphatic rings. The van der Waals surface area contributed by atoms with E-state index in [1.807, 2.05) is 19.1 Å². The summed E-state index contributed by atoms with van der Waals surface area (Å²) >= 11 is 0. The number of nitrogens with one attached hydrogen (secondary N) is 1. The summed E-state index contributed by atoms with van der Waals surface area (Å²) in [7, 11) is -2.33. The number of amides is 1. The fraction of sp³-hybridized carbons (Fsp3) is 0.350. The van der Waals surface area contributed by atoms with Crippen LogP contribution in [0.4, 0.5) is 11.4 Å². The highest BCUT2D eigenvalue weighted by Crippen LogP contribution is 2.26. The molecular formula is C20H25N3O6S. The number of hydrogen-bond acceptors (Lipinski definition) is 6. The lowest BCUT2D eigenvalue weighted by Crippen LogP contribution is -2.48. The number of anilines is 1. The molecule has 0 spiro atoms. The molecule has 162 valence electrons. The van der Waals surface area contributed by atoms with Gasteiger partial charge in [-0.05, 0) is 37.1 Å². The number of carbonyl (C=O) groups is 1. The smallest absolute Gasteiger partial charge is 0.271 e. The zero-order chi connectivity index (χ0) is 22.5. The molecule has 2 aromatic rings. The van der Waals surface area contributed by atoms with Crippen molar-refractivity contribution in [2.45, 2.75) is 32.4 Å². The van der Waals surface area contributed by atoms with Crippen LogP contribution in [-0.2, 0) is 14.8 Å². The molecular weight excluding hydrogens is 410 g/mol. The molecule has 9 nitrogen and oxygen atoms in total. The van der Waals surface area contributed by atoms with Crippen molar-refractivity contribution in [2.75, 3.05) is 17.7 Å². The molecule has 0 saturated carbocycles. The van der Waals surface area contributed by atoms with Gasteiger partial charge in [-0.3, -0.25) is 19.2 Å². The number of carbonyl (C=O) groups excluding carboxylic acids is 1. The van der Waals surface area contributed by atoms with Crippen LogP contribution < -0.4 is 14.4 Å². The van der Waals surface area contributed by atoms with Crippen molar-refractivity contribution in [3.63, 3.8) is 0 Å². The predicted octanol–water partition coefficient (Wildman–Crippen LogP) is 3.03. The molecule has 0 heterocycles. The molecule has 30 heavy (non-hydrogen) atoms. The Morgan fingerprint density at radius 2 is 1.87 bits per heavy atom. The van der Waals surface area contributed by atoms with Crippen LogP contribution in [0, 0.1) is 10.1 Å². The maximum Gasteiger partial charge on any atom is 0.271 e. The molecule has 2 atom stereocenters. The van der Waals surface area contributed by atoms with E-state index in [0.29, 0.717) is 12.2 Å². The summed E-state index contributed by atoms with van der Waals surface area (Å²) in [6.45, 7) is 3.34. The molecule has 0 fully saturated rings. The first-order valence-corrected chi connectivity index (χ1v) is 11.1. The van der Waals surface area contributed by atoms with E-state index < -0.39 is 26.9 Å². The summed E-state index contributed by atoms with van der Waals surface area (Å²) < 4.78 is 30.9. The van der Waals surface area contributed by atoms with Gasteiger partial charge in [0.1, 0.15) is 11.8 Å². The summed E-state index contributed by atoms with van der Waals surface area (Å²) in [6.07, 6.45) is 1.54. The molecule has 2 aromatic carbocycles. The number of nitro groups is 1. The van der Waals surface area contributed by atoms with Crippen molar-refractivity contribution in [2.24, 2.45) is 0 Å². The minimum absolute atomic E-state index is 0.0480. The van der Waals surface area contributed by atoms with Crippen molar-refractivity contribution in [1.29, 1.82) is 0 Å². The first-order chi connectivity index (χ1) is 14.1. The minimum Gasteiger partial charge on any atom is -0.497 e. The maximum atomic E-state index is 12.9. The molecule has 0 saturated heterocycles. The van der Waals surface area contributed by atoms with Gasteiger partial charge in [-0.25, -0.2) is 8.42 Å². The van der Waals surface area contributed by atoms with Crippen LogP contribution in [0.15, 0.2) is 48.5 Å². The lowest BCUT2D eigenvalue weighted by Gasteiger charge is -2.29. The Labute approximate surface area is 175 Å². The monoisotopic (exact) mass is 435 g/mol. The zero-order valence-corrected chi connectivity index (χ0v) is 18.0. The molecule has 0 bridgehead atoms. The molecule has 0 aliphatic carbocycles. The molecule has 2 rings (SSSR count). The van der Waals surface area contributed by atoms with Gasteiger partial charge in [0.2, 0.25) is 15.9 Å². The topological polar surface area (TPSA) is 119 Å². The van der Waals surface area contributed by atoms with E-state index in [2.05, 4.69) is 5.32 Å². The van der Waals surface area contributed by atoms with Crippen LogP contribution >= 0.6 is 0 Å². The molecule has 10 heteroatoms. The summed E-state index contributed by atoms with van der Waals surface area (Å²) in [4.78, 5) is 23.4. The lowest BCUT2D eigenvalue weighted by atomic mass is 10.0. The van der Waals surface area contributed by atoms with Crippen LogP contribution in [0.25, 0.3) is 0 Å². The predicted molar refractivity (Wildman–Crippen MR) is 114 cm³/mol. The number of non-ortho nitro benzene ring substituents is 1. The highest BCUT2D eigenvalue weighted by molar-refractivity contribution is 7.92.